The van der Waals surface area contributed by atoms with Gasteiger partial charge in [-0.15, -0.1) is 11.3 Å². The summed E-state index contributed by atoms with van der Waals surface area (Å²) in [7, 11) is 0. The number of carbonyl (C=O) groups is 2. The van der Waals surface area contributed by atoms with Crippen molar-refractivity contribution < 1.29 is 14.7 Å². The van der Waals surface area contributed by atoms with Gasteiger partial charge < -0.3 is 10.4 Å². The molecule has 1 aromatic rings. The molecule has 1 fully saturated rings. The largest absolute Gasteiger partial charge is 0.481 e. The minimum absolute atomic E-state index is 0.163. The van der Waals surface area contributed by atoms with Crippen molar-refractivity contribution in [3.63, 3.8) is 0 Å². The van der Waals surface area contributed by atoms with E-state index in [2.05, 4.69) is 10.3 Å². The van der Waals surface area contributed by atoms with Crippen molar-refractivity contribution in [2.45, 2.75) is 25.9 Å². The molecule has 1 aliphatic heterocycles. The van der Waals surface area contributed by atoms with Crippen molar-refractivity contribution in [1.29, 1.82) is 0 Å². The van der Waals surface area contributed by atoms with E-state index >= 15 is 0 Å². The topological polar surface area (TPSA) is 82.5 Å². The number of amides is 1. The second-order valence-corrected chi connectivity index (χ2v) is 5.18. The number of nitrogens with zero attached hydrogens (tertiary/aromatic N) is 2. The van der Waals surface area contributed by atoms with Gasteiger partial charge in [0.2, 0.25) is 5.91 Å². The molecule has 2 N–H and O–H groups in total. The fraction of sp³-hybridized carbons (Fsp3) is 0.545. The number of hydrogen-bond acceptors (Lipinski definition) is 5. The maximum absolute atomic E-state index is 11.7. The summed E-state index contributed by atoms with van der Waals surface area (Å²) in [6, 6.07) is -0.585. The smallest absolute Gasteiger partial charge is 0.305 e. The summed E-state index contributed by atoms with van der Waals surface area (Å²) in [6.45, 7) is 3.73. The number of thiazole rings is 1. The third kappa shape index (κ3) is 2.85. The fourth-order valence-corrected chi connectivity index (χ4v) is 2.80. The van der Waals surface area contributed by atoms with E-state index in [0.717, 1.165) is 10.6 Å². The number of carboxylic acid groups (broad SMARTS) is 1. The van der Waals surface area contributed by atoms with Crippen LogP contribution in [0.4, 0.5) is 0 Å². The van der Waals surface area contributed by atoms with E-state index < -0.39 is 12.0 Å². The molecule has 1 amide bonds. The van der Waals surface area contributed by atoms with Crippen molar-refractivity contribution in [1.82, 2.24) is 15.2 Å². The highest BCUT2D eigenvalue weighted by Gasteiger charge is 2.31. The molecule has 0 radical (unpaired) electrons. The van der Waals surface area contributed by atoms with E-state index in [0.29, 0.717) is 19.6 Å². The molecule has 1 saturated heterocycles. The highest BCUT2D eigenvalue weighted by Crippen LogP contribution is 2.19. The van der Waals surface area contributed by atoms with Crippen molar-refractivity contribution in [3.8, 4) is 0 Å². The standard InChI is InChI=1S/C11H15N3O3S/c1-7-9(18-6-13-7)5-14-3-2-12-11(17)8(14)4-10(15)16/h6,8H,2-5H2,1H3,(H,12,17)(H,15,16). The molecule has 1 unspecified atom stereocenters. The molecule has 2 rings (SSSR count). The third-order valence-corrected chi connectivity index (χ3v) is 3.92. The molecule has 0 aromatic carbocycles. The first-order valence-electron chi connectivity index (χ1n) is 5.70. The molecular weight excluding hydrogens is 254 g/mol. The second-order valence-electron chi connectivity index (χ2n) is 4.24. The number of aromatic nitrogens is 1. The van der Waals surface area contributed by atoms with E-state index in [4.69, 9.17) is 5.11 Å². The Bertz CT molecular complexity index is 460. The normalized spacial score (nSPS) is 20.7. The predicted octanol–water partition coefficient (Wildman–Crippen LogP) is 0.227. The lowest BCUT2D eigenvalue weighted by atomic mass is 10.1. The van der Waals surface area contributed by atoms with Crippen LogP contribution < -0.4 is 5.32 Å². The van der Waals surface area contributed by atoms with Gasteiger partial charge in [-0.3, -0.25) is 14.5 Å². The lowest BCUT2D eigenvalue weighted by molar-refractivity contribution is -0.143. The van der Waals surface area contributed by atoms with E-state index in [1.807, 2.05) is 11.8 Å². The Hall–Kier alpha value is -1.47. The summed E-state index contributed by atoms with van der Waals surface area (Å²) in [5.41, 5.74) is 2.71. The second kappa shape index (κ2) is 5.45. The summed E-state index contributed by atoms with van der Waals surface area (Å²) < 4.78 is 0. The van der Waals surface area contributed by atoms with E-state index in [-0.39, 0.29) is 12.3 Å². The van der Waals surface area contributed by atoms with Gasteiger partial charge in [-0.2, -0.15) is 0 Å². The van der Waals surface area contributed by atoms with Crippen molar-refractivity contribution in [2.24, 2.45) is 0 Å². The van der Waals surface area contributed by atoms with Crippen LogP contribution in [-0.2, 0) is 16.1 Å². The van der Waals surface area contributed by atoms with Crippen LogP contribution in [-0.4, -0.2) is 46.0 Å². The van der Waals surface area contributed by atoms with Crippen LogP contribution >= 0.6 is 11.3 Å². The van der Waals surface area contributed by atoms with Crippen LogP contribution in [0.25, 0.3) is 0 Å². The predicted molar refractivity (Wildman–Crippen MR) is 66.3 cm³/mol. The molecule has 0 bridgehead atoms. The highest BCUT2D eigenvalue weighted by atomic mass is 32.1. The van der Waals surface area contributed by atoms with Crippen molar-refractivity contribution >= 4 is 23.2 Å². The van der Waals surface area contributed by atoms with Gasteiger partial charge >= 0.3 is 5.97 Å². The first kappa shape index (κ1) is 13.0. The quantitative estimate of drug-likeness (QED) is 0.817. The molecule has 98 valence electrons. The van der Waals surface area contributed by atoms with Gasteiger partial charge in [0.15, 0.2) is 0 Å². The molecule has 0 saturated carbocycles. The van der Waals surface area contributed by atoms with Crippen LogP contribution in [0.1, 0.15) is 17.0 Å². The molecule has 1 aromatic heterocycles. The number of carbonyl (C=O) groups excluding carboxylic acids is 1. The maximum atomic E-state index is 11.7. The Labute approximate surface area is 109 Å². The molecule has 0 spiro atoms. The van der Waals surface area contributed by atoms with Crippen LogP contribution in [0.3, 0.4) is 0 Å². The summed E-state index contributed by atoms with van der Waals surface area (Å²) >= 11 is 1.53. The number of piperazine rings is 1. The first-order valence-corrected chi connectivity index (χ1v) is 6.58. The number of hydrogen-bond donors (Lipinski definition) is 2. The van der Waals surface area contributed by atoms with Gasteiger partial charge in [0.05, 0.1) is 17.6 Å². The average molecular weight is 269 g/mol. The Balaban J connectivity index is 2.10. The van der Waals surface area contributed by atoms with E-state index in [9.17, 15) is 9.59 Å². The van der Waals surface area contributed by atoms with Gasteiger partial charge in [-0.05, 0) is 6.92 Å². The van der Waals surface area contributed by atoms with Gasteiger partial charge in [-0.1, -0.05) is 0 Å². The molecule has 0 aliphatic carbocycles. The number of aliphatic carboxylic acids is 1. The van der Waals surface area contributed by atoms with Gasteiger partial charge in [0, 0.05) is 24.5 Å². The minimum atomic E-state index is -0.955. The molecule has 18 heavy (non-hydrogen) atoms. The number of rotatable bonds is 4. The third-order valence-electron chi connectivity index (χ3n) is 3.00. The van der Waals surface area contributed by atoms with E-state index in [1.165, 1.54) is 11.3 Å². The molecule has 1 aliphatic rings. The number of carboxylic acids is 1. The van der Waals surface area contributed by atoms with Crippen LogP contribution in [0.2, 0.25) is 0 Å². The lowest BCUT2D eigenvalue weighted by Gasteiger charge is -2.33. The van der Waals surface area contributed by atoms with Gasteiger partial charge in [0.25, 0.3) is 0 Å². The molecular formula is C11H15N3O3S. The molecule has 6 nitrogen and oxygen atoms in total. The number of aryl methyl sites for hydroxylation is 1. The molecule has 2 heterocycles. The fourth-order valence-electron chi connectivity index (χ4n) is 2.00. The van der Waals surface area contributed by atoms with Crippen molar-refractivity contribution in [2.75, 3.05) is 13.1 Å². The van der Waals surface area contributed by atoms with Gasteiger partial charge in [0.1, 0.15) is 6.04 Å². The Morgan fingerprint density at radius 2 is 2.50 bits per heavy atom. The van der Waals surface area contributed by atoms with Gasteiger partial charge in [-0.25, -0.2) is 4.98 Å². The summed E-state index contributed by atoms with van der Waals surface area (Å²) in [6.07, 6.45) is -0.163. The number of nitrogens with one attached hydrogen (secondary N) is 1. The SMILES string of the molecule is Cc1ncsc1CN1CCNC(=O)C1CC(=O)O. The first-order chi connectivity index (χ1) is 8.58. The zero-order valence-electron chi connectivity index (χ0n) is 10.0. The van der Waals surface area contributed by atoms with Crippen molar-refractivity contribution in [3.05, 3.63) is 16.1 Å². The summed E-state index contributed by atoms with van der Waals surface area (Å²) in [4.78, 5) is 29.7. The Kier molecular flexibility index (Phi) is 3.93. The zero-order chi connectivity index (χ0) is 13.1. The summed E-state index contributed by atoms with van der Waals surface area (Å²) in [5, 5.41) is 11.6. The van der Waals surface area contributed by atoms with Crippen LogP contribution in [0.5, 0.6) is 0 Å². The average Bonchev–Trinajstić information content (AvgIpc) is 2.69. The van der Waals surface area contributed by atoms with Crippen LogP contribution in [0, 0.1) is 6.92 Å². The lowest BCUT2D eigenvalue weighted by Crippen LogP contribution is -2.55. The highest BCUT2D eigenvalue weighted by molar-refractivity contribution is 7.09. The van der Waals surface area contributed by atoms with Crippen LogP contribution in [0.15, 0.2) is 5.51 Å². The maximum Gasteiger partial charge on any atom is 0.305 e. The molecule has 7 heteroatoms. The monoisotopic (exact) mass is 269 g/mol. The molecule has 1 atom stereocenters. The summed E-state index contributed by atoms with van der Waals surface area (Å²) in [5.74, 6) is -1.16. The Morgan fingerprint density at radius 3 is 3.11 bits per heavy atom. The van der Waals surface area contributed by atoms with E-state index in [1.54, 1.807) is 5.51 Å². The minimum Gasteiger partial charge on any atom is -0.481 e. The zero-order valence-corrected chi connectivity index (χ0v) is 10.9. The Morgan fingerprint density at radius 1 is 1.72 bits per heavy atom.